The zero-order valence-corrected chi connectivity index (χ0v) is 26.4. The van der Waals surface area contributed by atoms with E-state index in [4.69, 9.17) is 14.2 Å². The van der Waals surface area contributed by atoms with Gasteiger partial charge in [-0.25, -0.2) is 4.79 Å². The van der Waals surface area contributed by atoms with E-state index in [1.54, 1.807) is 0 Å². The minimum Gasteiger partial charge on any atom is -0.455 e. The molecule has 0 amide bonds. The lowest BCUT2D eigenvalue weighted by molar-refractivity contribution is -0.139. The first-order valence-corrected chi connectivity index (χ1v) is 17.6. The molecule has 6 heteroatoms. The first kappa shape index (κ1) is 34.5. The molecule has 3 aliphatic rings. The molecular formula is C35H62O6. The van der Waals surface area contributed by atoms with Crippen LogP contribution in [0.15, 0.2) is 11.6 Å². The predicted octanol–water partition coefficient (Wildman–Crippen LogP) is 8.11. The summed E-state index contributed by atoms with van der Waals surface area (Å²) in [6.07, 6.45) is 27.0. The van der Waals surface area contributed by atoms with Crippen LogP contribution in [0.1, 0.15) is 162 Å². The molecule has 0 aromatic carbocycles. The fraction of sp³-hybridized carbons (Fsp3) is 0.914. The highest BCUT2D eigenvalue weighted by molar-refractivity contribution is 5.90. The summed E-state index contributed by atoms with van der Waals surface area (Å²) in [4.78, 5) is 11.6. The lowest BCUT2D eigenvalue weighted by Gasteiger charge is -2.24. The van der Waals surface area contributed by atoms with Crippen molar-refractivity contribution in [3.8, 4) is 0 Å². The number of esters is 1. The summed E-state index contributed by atoms with van der Waals surface area (Å²) in [5.41, 5.74) is 0.858. The molecule has 2 N–H and O–H groups in total. The van der Waals surface area contributed by atoms with E-state index >= 15 is 0 Å². The Balaban J connectivity index is 1.14. The molecule has 2 fully saturated rings. The molecule has 0 saturated carbocycles. The molecule has 238 valence electrons. The molecule has 0 spiro atoms. The topological polar surface area (TPSA) is 85.2 Å². The Morgan fingerprint density at radius 3 is 1.56 bits per heavy atom. The van der Waals surface area contributed by atoms with Gasteiger partial charge in [-0.1, -0.05) is 103 Å². The minimum absolute atomic E-state index is 0.0514. The number of aliphatic hydroxyl groups is 2. The average Bonchev–Trinajstić information content (AvgIpc) is 3.71. The molecule has 0 aromatic heterocycles. The Hall–Kier alpha value is -0.950. The van der Waals surface area contributed by atoms with Gasteiger partial charge in [-0.3, -0.25) is 0 Å². The van der Waals surface area contributed by atoms with Gasteiger partial charge in [-0.05, 0) is 64.4 Å². The second-order valence-corrected chi connectivity index (χ2v) is 13.1. The van der Waals surface area contributed by atoms with E-state index in [9.17, 15) is 15.0 Å². The largest absolute Gasteiger partial charge is 0.455 e. The molecule has 0 bridgehead atoms. The summed E-state index contributed by atoms with van der Waals surface area (Å²) < 4.78 is 17.7. The normalized spacial score (nSPS) is 27.8. The zero-order valence-electron chi connectivity index (χ0n) is 26.4. The van der Waals surface area contributed by atoms with Gasteiger partial charge in [-0.15, -0.1) is 0 Å². The highest BCUT2D eigenvalue weighted by Crippen LogP contribution is 2.34. The van der Waals surface area contributed by atoms with Crippen molar-refractivity contribution < 1.29 is 29.2 Å². The Bertz CT molecular complexity index is 738. The van der Waals surface area contributed by atoms with Crippen LogP contribution in [0, 0.1) is 0 Å². The van der Waals surface area contributed by atoms with Gasteiger partial charge in [0, 0.05) is 5.57 Å². The predicted molar refractivity (Wildman–Crippen MR) is 165 cm³/mol. The second-order valence-electron chi connectivity index (χ2n) is 13.1. The number of hydrogen-bond acceptors (Lipinski definition) is 6. The van der Waals surface area contributed by atoms with E-state index in [2.05, 4.69) is 6.92 Å². The van der Waals surface area contributed by atoms with Crippen LogP contribution < -0.4 is 0 Å². The Morgan fingerprint density at radius 1 is 0.683 bits per heavy atom. The van der Waals surface area contributed by atoms with Crippen LogP contribution in [-0.4, -0.2) is 58.9 Å². The third kappa shape index (κ3) is 13.1. The molecule has 6 nitrogen and oxygen atoms in total. The van der Waals surface area contributed by atoms with Crippen LogP contribution in [0.2, 0.25) is 0 Å². The monoisotopic (exact) mass is 578 g/mol. The van der Waals surface area contributed by atoms with Crippen molar-refractivity contribution in [3.05, 3.63) is 11.6 Å². The van der Waals surface area contributed by atoms with Gasteiger partial charge >= 0.3 is 5.97 Å². The lowest BCUT2D eigenvalue weighted by Crippen LogP contribution is -2.33. The van der Waals surface area contributed by atoms with Crippen LogP contribution in [0.4, 0.5) is 0 Å². The summed E-state index contributed by atoms with van der Waals surface area (Å²) in [5, 5.41) is 21.4. The van der Waals surface area contributed by atoms with E-state index in [1.165, 1.54) is 77.0 Å². The number of unbranched alkanes of at least 4 members (excludes halogenated alkanes) is 14. The zero-order chi connectivity index (χ0) is 29.3. The number of rotatable bonds is 23. The summed E-state index contributed by atoms with van der Waals surface area (Å²) >= 11 is 0. The maximum absolute atomic E-state index is 11.6. The van der Waals surface area contributed by atoms with E-state index in [-0.39, 0.29) is 48.7 Å². The van der Waals surface area contributed by atoms with Gasteiger partial charge in [-0.2, -0.15) is 0 Å². The van der Waals surface area contributed by atoms with Crippen LogP contribution in [0.25, 0.3) is 0 Å². The Labute approximate surface area is 251 Å². The molecule has 2 saturated heterocycles. The number of hydrogen-bond donors (Lipinski definition) is 2. The van der Waals surface area contributed by atoms with Crippen LogP contribution in [0.3, 0.4) is 0 Å². The van der Waals surface area contributed by atoms with Gasteiger partial charge in [0.05, 0.1) is 36.6 Å². The lowest BCUT2D eigenvalue weighted by atomic mass is 10.0. The molecule has 1 unspecified atom stereocenters. The van der Waals surface area contributed by atoms with E-state index in [0.717, 1.165) is 76.2 Å². The number of ether oxygens (including phenoxy) is 3. The average molecular weight is 579 g/mol. The maximum atomic E-state index is 11.6. The molecule has 3 rings (SSSR count). The summed E-state index contributed by atoms with van der Waals surface area (Å²) in [6.45, 7) is 4.17. The van der Waals surface area contributed by atoms with Gasteiger partial charge in [0.15, 0.2) is 0 Å². The smallest absolute Gasteiger partial charge is 0.334 e. The van der Waals surface area contributed by atoms with Crippen molar-refractivity contribution in [2.75, 3.05) is 0 Å². The van der Waals surface area contributed by atoms with Crippen LogP contribution in [0.5, 0.6) is 0 Å². The Kier molecular flexibility index (Phi) is 16.9. The van der Waals surface area contributed by atoms with Gasteiger partial charge in [0.1, 0.15) is 6.10 Å². The molecule has 7 atom stereocenters. The fourth-order valence-electron chi connectivity index (χ4n) is 6.90. The van der Waals surface area contributed by atoms with Crippen molar-refractivity contribution in [1.82, 2.24) is 0 Å². The molecule has 41 heavy (non-hydrogen) atoms. The van der Waals surface area contributed by atoms with Crippen LogP contribution >= 0.6 is 0 Å². The van der Waals surface area contributed by atoms with Gasteiger partial charge < -0.3 is 24.4 Å². The number of aliphatic hydroxyl groups excluding tert-OH is 2. The summed E-state index contributed by atoms with van der Waals surface area (Å²) in [7, 11) is 0. The van der Waals surface area contributed by atoms with Crippen molar-refractivity contribution in [1.29, 1.82) is 0 Å². The van der Waals surface area contributed by atoms with Crippen molar-refractivity contribution >= 4 is 5.97 Å². The van der Waals surface area contributed by atoms with E-state index in [0.29, 0.717) is 0 Å². The molecule has 3 aliphatic heterocycles. The van der Waals surface area contributed by atoms with Crippen molar-refractivity contribution in [2.45, 2.75) is 204 Å². The SMILES string of the molecule is CCCCCCCCCCC(O)[C@H]1CC[C@H]([C@H]2CC[C@H]([C@H](O)CCCCCCCCCCC3=C[C@H](C)OC3=O)O2)O1. The summed E-state index contributed by atoms with van der Waals surface area (Å²) in [5.74, 6) is -0.127. The third-order valence-electron chi connectivity index (χ3n) is 9.48. The highest BCUT2D eigenvalue weighted by atomic mass is 16.6. The van der Waals surface area contributed by atoms with Crippen molar-refractivity contribution in [2.24, 2.45) is 0 Å². The molecular weight excluding hydrogens is 516 g/mol. The van der Waals surface area contributed by atoms with E-state index in [1.807, 2.05) is 13.0 Å². The quantitative estimate of drug-likeness (QED) is 0.0941. The van der Waals surface area contributed by atoms with Crippen molar-refractivity contribution in [3.63, 3.8) is 0 Å². The highest BCUT2D eigenvalue weighted by Gasteiger charge is 2.40. The first-order chi connectivity index (χ1) is 20.0. The third-order valence-corrected chi connectivity index (χ3v) is 9.48. The molecule has 0 radical (unpaired) electrons. The van der Waals surface area contributed by atoms with Crippen LogP contribution in [-0.2, 0) is 19.0 Å². The molecule has 3 heterocycles. The minimum atomic E-state index is -0.385. The van der Waals surface area contributed by atoms with Gasteiger partial charge in [0.25, 0.3) is 0 Å². The first-order valence-electron chi connectivity index (χ1n) is 17.6. The number of carbonyl (C=O) groups is 1. The number of cyclic esters (lactones) is 1. The van der Waals surface area contributed by atoms with Gasteiger partial charge in [0.2, 0.25) is 0 Å². The standard InChI is InChI=1S/C35H62O6/c1-3-4-5-6-7-11-14-17-20-29(36)31-22-24-33(40-31)34-25-23-32(41-34)30(37)21-18-15-12-9-8-10-13-16-19-28-26-27(2)39-35(28)38/h26-27,29-34,36-37H,3-25H2,1-2H3/t27-,29?,30+,31+,32+,33+,34+/m0/s1. The molecule has 0 aliphatic carbocycles. The Morgan fingerprint density at radius 2 is 1.12 bits per heavy atom. The second kappa shape index (κ2) is 20.1. The molecule has 0 aromatic rings. The summed E-state index contributed by atoms with van der Waals surface area (Å²) in [6, 6.07) is 0. The fourth-order valence-corrected chi connectivity index (χ4v) is 6.90. The maximum Gasteiger partial charge on any atom is 0.334 e. The van der Waals surface area contributed by atoms with E-state index < -0.39 is 0 Å². The number of carbonyl (C=O) groups excluding carboxylic acids is 1.